The van der Waals surface area contributed by atoms with Crippen molar-refractivity contribution >= 4 is 69.6 Å². The topological polar surface area (TPSA) is 178 Å². The summed E-state index contributed by atoms with van der Waals surface area (Å²) >= 11 is 0. The molecule has 0 bridgehead atoms. The molecule has 10 rings (SSSR count). The van der Waals surface area contributed by atoms with Gasteiger partial charge in [-0.05, 0) is 60.4 Å². The summed E-state index contributed by atoms with van der Waals surface area (Å²) in [5, 5.41) is 65.4. The first kappa shape index (κ1) is 50.3. The lowest BCUT2D eigenvalue weighted by Crippen LogP contribution is -2.54. The average Bonchev–Trinajstić information content (AvgIpc) is 3.90. The fourth-order valence-electron chi connectivity index (χ4n) is 10.4. The number of hydrogen-bond donors (Lipinski definition) is 0. The van der Waals surface area contributed by atoms with Crippen LogP contribution >= 0.6 is 0 Å². The van der Waals surface area contributed by atoms with Gasteiger partial charge in [-0.3, -0.25) is 9.97 Å². The first-order valence-corrected chi connectivity index (χ1v) is 25.0. The minimum atomic E-state index is -0.599. The predicted molar refractivity (Wildman–Crippen MR) is 309 cm³/mol. The van der Waals surface area contributed by atoms with E-state index in [1.807, 2.05) is 121 Å². The zero-order chi connectivity index (χ0) is 54.1. The van der Waals surface area contributed by atoms with Gasteiger partial charge in [0.15, 0.2) is 0 Å². The summed E-state index contributed by atoms with van der Waals surface area (Å²) in [6.45, 7) is 2.93. The molecule has 0 spiro atoms. The van der Waals surface area contributed by atoms with Crippen LogP contribution in [0.1, 0.15) is 33.6 Å². The first-order valence-electron chi connectivity index (χ1n) is 25.0. The second-order valence-corrected chi connectivity index (χ2v) is 18.5. The van der Waals surface area contributed by atoms with Gasteiger partial charge in [-0.2, -0.15) is 31.6 Å². The van der Waals surface area contributed by atoms with E-state index in [1.54, 1.807) is 36.7 Å². The van der Waals surface area contributed by atoms with Gasteiger partial charge >= 0.3 is 13.7 Å². The van der Waals surface area contributed by atoms with E-state index in [-0.39, 0.29) is 22.3 Å². The van der Waals surface area contributed by atoms with Crippen molar-refractivity contribution in [1.82, 2.24) is 18.9 Å². The Morgan fingerprint density at radius 2 is 0.692 bits per heavy atom. The van der Waals surface area contributed by atoms with Crippen LogP contribution in [0.4, 0.5) is 0 Å². The summed E-state index contributed by atoms with van der Waals surface area (Å²) < 4.78 is 4.51. The smallest absolute Gasteiger partial charge is 0.328 e. The minimum Gasteiger partial charge on any atom is -0.374 e. The van der Waals surface area contributed by atoms with E-state index in [0.29, 0.717) is 44.0 Å². The van der Waals surface area contributed by atoms with Crippen LogP contribution in [0.2, 0.25) is 0 Å². The highest BCUT2D eigenvalue weighted by Gasteiger charge is 2.37. The van der Waals surface area contributed by atoms with Gasteiger partial charge < -0.3 is 8.96 Å². The number of fused-ring (bicyclic) bond motifs is 1. The van der Waals surface area contributed by atoms with Crippen LogP contribution < -0.4 is 32.5 Å². The van der Waals surface area contributed by atoms with Crippen molar-refractivity contribution in [1.29, 1.82) is 31.6 Å². The number of hydrogen-bond acceptors (Lipinski definition) is 8. The Balaban J connectivity index is 1.59. The minimum absolute atomic E-state index is 0.0941. The maximum Gasteiger partial charge on any atom is 0.328 e. The van der Waals surface area contributed by atoms with E-state index in [9.17, 15) is 31.6 Å². The highest BCUT2D eigenvalue weighted by molar-refractivity contribution is 6.85. The monoisotopic (exact) mass is 996 g/mol. The van der Waals surface area contributed by atoms with E-state index in [1.165, 1.54) is 12.2 Å². The average molecular weight is 997 g/mol. The summed E-state index contributed by atoms with van der Waals surface area (Å²) in [5.41, 5.74) is 10.6. The van der Waals surface area contributed by atoms with Crippen LogP contribution in [0.3, 0.4) is 0 Å². The molecule has 0 atom stereocenters. The van der Waals surface area contributed by atoms with Crippen molar-refractivity contribution in [3.8, 4) is 58.9 Å². The Kier molecular flexibility index (Phi) is 14.5. The standard InChI is InChI=1S/C66H42B2N10/c1-45-19-15-17-29-55(45)63-61-62(66(58(42-74)60-34-32-48(44-76-60)36-50(39-71)40-72)77(63)67(51-21-7-3-8-22-51)52-23-9-4-10-24-52)64(56-30-18-16-20-46(56)2)78(68(53-25-11-5-12-26-53)54-27-13-6-14-28-54)65(61)57(41-73)59-33-31-47(43-75-59)35-49(37-69)38-70/h3-36,43-44H,1-2H3/b65-57-,66-58-. The van der Waals surface area contributed by atoms with Crippen LogP contribution in [-0.2, 0) is 0 Å². The van der Waals surface area contributed by atoms with Crippen molar-refractivity contribution in [3.63, 3.8) is 0 Å². The zero-order valence-electron chi connectivity index (χ0n) is 42.4. The molecule has 0 saturated heterocycles. The quantitative estimate of drug-likeness (QED) is 0.0861. The number of nitrogens with zero attached hydrogens (tertiary/aromatic N) is 10. The fraction of sp³-hybridized carbons (Fsp3) is 0.0303. The molecule has 6 aromatic carbocycles. The van der Waals surface area contributed by atoms with Gasteiger partial charge in [-0.25, -0.2) is 0 Å². The normalized spacial score (nSPS) is 11.3. The van der Waals surface area contributed by atoms with Crippen LogP contribution in [0, 0.1) is 81.8 Å². The third-order valence-electron chi connectivity index (χ3n) is 13.8. The molecule has 0 amide bonds. The Hall–Kier alpha value is -11.3. The molecule has 10 nitrogen and oxygen atoms in total. The van der Waals surface area contributed by atoms with Crippen molar-refractivity contribution < 1.29 is 0 Å². The fourth-order valence-corrected chi connectivity index (χ4v) is 10.4. The molecule has 0 aliphatic carbocycles. The molecule has 0 aliphatic rings. The lowest BCUT2D eigenvalue weighted by molar-refractivity contribution is 1.12. The van der Waals surface area contributed by atoms with Gasteiger partial charge in [0.25, 0.3) is 0 Å². The Morgan fingerprint density at radius 1 is 0.385 bits per heavy atom. The molecular weight excluding hydrogens is 954 g/mol. The predicted octanol–water partition coefficient (Wildman–Crippen LogP) is 8.80. The Labute approximate surface area is 452 Å². The van der Waals surface area contributed by atoms with Crippen molar-refractivity contribution in [2.45, 2.75) is 13.8 Å². The van der Waals surface area contributed by atoms with Crippen LogP contribution in [0.5, 0.6) is 0 Å². The molecule has 0 N–H and O–H groups in total. The SMILES string of the molecule is Cc1ccccc1-c1c2/c(=C(\C#N)c3ccc(C=C(C#N)C#N)cn3)n(B(c3ccccc3)c3ccccc3)c(-c3ccccc3C)c2/c(=C(\C#N)c2ccc(C=C(C#N)C#N)cn2)n1B(c1ccccc1)c1ccccc1. The molecule has 78 heavy (non-hydrogen) atoms. The summed E-state index contributed by atoms with van der Waals surface area (Å²) in [7, 11) is 0. The van der Waals surface area contributed by atoms with Gasteiger partial charge in [0.2, 0.25) is 0 Å². The third-order valence-corrected chi connectivity index (χ3v) is 13.8. The number of nitriles is 6. The van der Waals surface area contributed by atoms with E-state index in [4.69, 9.17) is 9.97 Å². The van der Waals surface area contributed by atoms with Gasteiger partial charge in [0.1, 0.15) is 58.7 Å². The molecule has 0 unspecified atom stereocenters. The van der Waals surface area contributed by atoms with Crippen molar-refractivity contribution in [2.24, 2.45) is 0 Å². The molecule has 4 heterocycles. The maximum atomic E-state index is 12.1. The number of rotatable bonds is 12. The largest absolute Gasteiger partial charge is 0.374 e. The number of aromatic nitrogens is 4. The third kappa shape index (κ3) is 9.46. The van der Waals surface area contributed by atoms with Gasteiger partial charge in [-0.15, -0.1) is 0 Å². The van der Waals surface area contributed by atoms with Gasteiger partial charge in [-0.1, -0.05) is 204 Å². The Morgan fingerprint density at radius 3 is 0.962 bits per heavy atom. The summed E-state index contributed by atoms with van der Waals surface area (Å²) in [4.78, 5) is 9.93. The second-order valence-electron chi connectivity index (χ2n) is 18.5. The summed E-state index contributed by atoms with van der Waals surface area (Å²) in [6.07, 6.45) is 6.03. The van der Waals surface area contributed by atoms with Gasteiger partial charge in [0, 0.05) is 45.7 Å². The van der Waals surface area contributed by atoms with E-state index < -0.39 is 13.7 Å². The summed E-state index contributed by atoms with van der Waals surface area (Å²) in [6, 6.07) is 77.0. The number of aryl methyl sites for hydroxylation is 2. The highest BCUT2D eigenvalue weighted by Crippen LogP contribution is 2.38. The molecule has 12 heteroatoms. The summed E-state index contributed by atoms with van der Waals surface area (Å²) in [5.74, 6) is 0. The second kappa shape index (κ2) is 22.5. The van der Waals surface area contributed by atoms with E-state index >= 15 is 0 Å². The lowest BCUT2D eigenvalue weighted by atomic mass is 9.50. The number of allylic oxidation sites excluding steroid dienone is 2. The molecule has 0 saturated carbocycles. The molecule has 0 aliphatic heterocycles. The lowest BCUT2D eigenvalue weighted by Gasteiger charge is -2.25. The molecule has 362 valence electrons. The molecule has 10 aromatic rings. The molecular formula is C66H42B2N10. The number of pyridine rings is 2. The Bertz CT molecular complexity index is 3990. The maximum absolute atomic E-state index is 12.1. The molecule has 0 fully saturated rings. The zero-order valence-corrected chi connectivity index (χ0v) is 42.4. The highest BCUT2D eigenvalue weighted by atomic mass is 15.0. The number of benzene rings is 6. The van der Waals surface area contributed by atoms with Crippen LogP contribution in [-0.4, -0.2) is 32.6 Å². The van der Waals surface area contributed by atoms with Crippen LogP contribution in [0.15, 0.2) is 218 Å². The van der Waals surface area contributed by atoms with E-state index in [0.717, 1.165) is 55.5 Å². The van der Waals surface area contributed by atoms with Crippen molar-refractivity contribution in [2.75, 3.05) is 0 Å². The first-order chi connectivity index (χ1) is 38.3. The van der Waals surface area contributed by atoms with Crippen LogP contribution in [0.25, 0.3) is 56.6 Å². The van der Waals surface area contributed by atoms with E-state index in [2.05, 4.69) is 108 Å². The molecule has 4 aromatic heterocycles. The van der Waals surface area contributed by atoms with Crippen molar-refractivity contribution in [3.05, 3.63) is 262 Å². The van der Waals surface area contributed by atoms with Gasteiger partial charge in [0.05, 0.1) is 22.1 Å². The molecule has 0 radical (unpaired) electrons.